The summed E-state index contributed by atoms with van der Waals surface area (Å²) >= 11 is 3.31. The van der Waals surface area contributed by atoms with Crippen molar-refractivity contribution < 1.29 is 9.47 Å². The van der Waals surface area contributed by atoms with Gasteiger partial charge in [-0.25, -0.2) is 9.97 Å². The fourth-order valence-electron chi connectivity index (χ4n) is 1.83. The number of hydrogen-bond acceptors (Lipinski definition) is 5. The highest BCUT2D eigenvalue weighted by Crippen LogP contribution is 2.20. The van der Waals surface area contributed by atoms with Crippen molar-refractivity contribution in [2.45, 2.75) is 12.2 Å². The van der Waals surface area contributed by atoms with Gasteiger partial charge in [-0.3, -0.25) is 0 Å². The summed E-state index contributed by atoms with van der Waals surface area (Å²) < 4.78 is 11.6. The van der Waals surface area contributed by atoms with Gasteiger partial charge in [0.1, 0.15) is 12.2 Å². The average molecular weight is 288 g/mol. The van der Waals surface area contributed by atoms with Crippen molar-refractivity contribution in [2.75, 3.05) is 32.2 Å². The Balaban J connectivity index is 2.09. The highest BCUT2D eigenvalue weighted by Gasteiger charge is 2.34. The molecule has 0 spiro atoms. The molecule has 88 valence electrons. The van der Waals surface area contributed by atoms with Crippen molar-refractivity contribution in [1.82, 2.24) is 9.97 Å². The lowest BCUT2D eigenvalue weighted by Crippen LogP contribution is -2.27. The third-order valence-electron chi connectivity index (χ3n) is 2.71. The summed E-state index contributed by atoms with van der Waals surface area (Å²) in [5, 5.41) is 0. The Morgan fingerprint density at radius 1 is 1.19 bits per heavy atom. The Hall–Kier alpha value is -0.720. The number of halogens is 1. The Morgan fingerprint density at radius 3 is 2.12 bits per heavy atom. The molecule has 1 aromatic heterocycles. The number of hydrogen-bond donors (Lipinski definition) is 0. The summed E-state index contributed by atoms with van der Waals surface area (Å²) in [7, 11) is 3.39. The van der Waals surface area contributed by atoms with Crippen molar-refractivity contribution in [3.05, 3.63) is 16.9 Å². The van der Waals surface area contributed by atoms with Crippen molar-refractivity contribution in [3.8, 4) is 0 Å². The molecule has 2 rings (SSSR count). The largest absolute Gasteiger partial charge is 0.377 e. The number of anilines is 1. The topological polar surface area (TPSA) is 47.5 Å². The highest BCUT2D eigenvalue weighted by atomic mass is 79.9. The Kier molecular flexibility index (Phi) is 3.73. The standard InChI is InChI=1S/C10H14BrN3O2/c1-15-8-5-14(6-9(8)16-2)10-12-3-7(11)4-13-10/h3-4,8-9H,5-6H2,1-2H3. The van der Waals surface area contributed by atoms with E-state index >= 15 is 0 Å². The lowest BCUT2D eigenvalue weighted by atomic mass is 10.3. The van der Waals surface area contributed by atoms with Crippen LogP contribution in [0.2, 0.25) is 0 Å². The first-order valence-electron chi connectivity index (χ1n) is 5.02. The van der Waals surface area contributed by atoms with Crippen LogP contribution in [0.25, 0.3) is 0 Å². The molecule has 0 N–H and O–H groups in total. The van der Waals surface area contributed by atoms with E-state index in [0.717, 1.165) is 17.6 Å². The van der Waals surface area contributed by atoms with Crippen LogP contribution in [-0.2, 0) is 9.47 Å². The fourth-order valence-corrected chi connectivity index (χ4v) is 2.03. The van der Waals surface area contributed by atoms with Gasteiger partial charge in [0.15, 0.2) is 0 Å². The summed E-state index contributed by atoms with van der Waals surface area (Å²) in [6.45, 7) is 1.52. The molecular formula is C10H14BrN3O2. The van der Waals surface area contributed by atoms with Crippen LogP contribution in [0.1, 0.15) is 0 Å². The molecule has 2 unspecified atom stereocenters. The van der Waals surface area contributed by atoms with Gasteiger partial charge in [-0.15, -0.1) is 0 Å². The van der Waals surface area contributed by atoms with Gasteiger partial charge in [-0.05, 0) is 15.9 Å². The molecular weight excluding hydrogens is 274 g/mol. The van der Waals surface area contributed by atoms with Crippen LogP contribution in [0, 0.1) is 0 Å². The zero-order valence-electron chi connectivity index (χ0n) is 9.26. The van der Waals surface area contributed by atoms with Crippen LogP contribution in [0.15, 0.2) is 16.9 Å². The molecule has 2 heterocycles. The maximum Gasteiger partial charge on any atom is 0.225 e. The van der Waals surface area contributed by atoms with Gasteiger partial charge in [0.05, 0.1) is 4.47 Å². The first-order valence-corrected chi connectivity index (χ1v) is 5.82. The summed E-state index contributed by atoms with van der Waals surface area (Å²) in [5.74, 6) is 0.713. The van der Waals surface area contributed by atoms with Crippen LogP contribution in [-0.4, -0.2) is 49.5 Å². The minimum Gasteiger partial charge on any atom is -0.377 e. The molecule has 0 saturated carbocycles. The van der Waals surface area contributed by atoms with Crippen molar-refractivity contribution in [1.29, 1.82) is 0 Å². The Bertz CT molecular complexity index is 334. The quantitative estimate of drug-likeness (QED) is 0.833. The summed E-state index contributed by atoms with van der Waals surface area (Å²) in [6.07, 6.45) is 3.64. The SMILES string of the molecule is COC1CN(c2ncc(Br)cn2)CC1OC. The Labute approximate surface area is 103 Å². The first kappa shape index (κ1) is 11.8. The van der Waals surface area contributed by atoms with E-state index in [0.29, 0.717) is 5.95 Å². The number of aromatic nitrogens is 2. The smallest absolute Gasteiger partial charge is 0.225 e. The fraction of sp³-hybridized carbons (Fsp3) is 0.600. The molecule has 0 bridgehead atoms. The predicted molar refractivity (Wildman–Crippen MR) is 63.5 cm³/mol. The summed E-state index contributed by atoms with van der Waals surface area (Å²) in [6, 6.07) is 0. The molecule has 1 fully saturated rings. The molecule has 1 saturated heterocycles. The molecule has 0 aromatic carbocycles. The van der Waals surface area contributed by atoms with Crippen LogP contribution < -0.4 is 4.90 Å². The van der Waals surface area contributed by atoms with Crippen LogP contribution >= 0.6 is 15.9 Å². The lowest BCUT2D eigenvalue weighted by Gasteiger charge is -2.14. The monoisotopic (exact) mass is 287 g/mol. The molecule has 2 atom stereocenters. The number of ether oxygens (including phenoxy) is 2. The van der Waals surface area contributed by atoms with Crippen LogP contribution in [0.5, 0.6) is 0 Å². The lowest BCUT2D eigenvalue weighted by molar-refractivity contribution is -0.00461. The van der Waals surface area contributed by atoms with Crippen LogP contribution in [0.4, 0.5) is 5.95 Å². The van der Waals surface area contributed by atoms with E-state index in [1.54, 1.807) is 26.6 Å². The second kappa shape index (κ2) is 5.07. The number of nitrogens with zero attached hydrogens (tertiary/aromatic N) is 3. The molecule has 16 heavy (non-hydrogen) atoms. The molecule has 0 aliphatic carbocycles. The second-order valence-corrected chi connectivity index (χ2v) is 4.57. The van der Waals surface area contributed by atoms with Crippen molar-refractivity contribution >= 4 is 21.9 Å². The molecule has 5 nitrogen and oxygen atoms in total. The second-order valence-electron chi connectivity index (χ2n) is 3.65. The zero-order chi connectivity index (χ0) is 11.5. The van der Waals surface area contributed by atoms with E-state index in [1.165, 1.54) is 0 Å². The highest BCUT2D eigenvalue weighted by molar-refractivity contribution is 9.10. The van der Waals surface area contributed by atoms with Gasteiger partial charge in [-0.1, -0.05) is 0 Å². The molecule has 1 aromatic rings. The molecule has 0 radical (unpaired) electrons. The van der Waals surface area contributed by atoms with Crippen LogP contribution in [0.3, 0.4) is 0 Å². The maximum absolute atomic E-state index is 5.36. The van der Waals surface area contributed by atoms with Gasteiger partial charge in [0.25, 0.3) is 0 Å². The third kappa shape index (κ3) is 2.34. The zero-order valence-corrected chi connectivity index (χ0v) is 10.8. The van der Waals surface area contributed by atoms with E-state index in [4.69, 9.17) is 9.47 Å². The van der Waals surface area contributed by atoms with Gasteiger partial charge < -0.3 is 14.4 Å². The van der Waals surface area contributed by atoms with Crippen molar-refractivity contribution in [2.24, 2.45) is 0 Å². The molecule has 1 aliphatic rings. The van der Waals surface area contributed by atoms with Gasteiger partial charge in [0.2, 0.25) is 5.95 Å². The minimum atomic E-state index is 0.0808. The average Bonchev–Trinajstić information content (AvgIpc) is 2.73. The number of rotatable bonds is 3. The van der Waals surface area contributed by atoms with E-state index in [9.17, 15) is 0 Å². The third-order valence-corrected chi connectivity index (χ3v) is 3.12. The first-order chi connectivity index (χ1) is 7.74. The molecule has 6 heteroatoms. The molecule has 0 amide bonds. The predicted octanol–water partition coefficient (Wildman–Crippen LogP) is 1.09. The van der Waals surface area contributed by atoms with Gasteiger partial charge >= 0.3 is 0 Å². The van der Waals surface area contributed by atoms with E-state index in [1.807, 2.05) is 0 Å². The van der Waals surface area contributed by atoms with Crippen molar-refractivity contribution in [3.63, 3.8) is 0 Å². The van der Waals surface area contributed by atoms with Gasteiger partial charge in [-0.2, -0.15) is 0 Å². The maximum atomic E-state index is 5.36. The van der Waals surface area contributed by atoms with E-state index < -0.39 is 0 Å². The summed E-state index contributed by atoms with van der Waals surface area (Å²) in [4.78, 5) is 10.6. The summed E-state index contributed by atoms with van der Waals surface area (Å²) in [5.41, 5.74) is 0. The number of methoxy groups -OCH3 is 2. The Morgan fingerprint density at radius 2 is 1.69 bits per heavy atom. The normalized spacial score (nSPS) is 25.1. The van der Waals surface area contributed by atoms with Gasteiger partial charge in [0, 0.05) is 39.7 Å². The van der Waals surface area contributed by atoms with E-state index in [2.05, 4.69) is 30.8 Å². The molecule has 1 aliphatic heterocycles. The minimum absolute atomic E-state index is 0.0808. The van der Waals surface area contributed by atoms with E-state index in [-0.39, 0.29) is 12.2 Å².